The summed E-state index contributed by atoms with van der Waals surface area (Å²) in [6.07, 6.45) is 6.51. The Kier molecular flexibility index (Phi) is 7.57. The number of hydrogen-bond acceptors (Lipinski definition) is 6. The van der Waals surface area contributed by atoms with E-state index in [1.54, 1.807) is 4.52 Å². The van der Waals surface area contributed by atoms with Gasteiger partial charge >= 0.3 is 0 Å². The number of fused-ring (bicyclic) bond motifs is 1. The summed E-state index contributed by atoms with van der Waals surface area (Å²) in [7, 11) is 0. The Hall–Kier alpha value is -3.00. The minimum atomic E-state index is 0.0976. The van der Waals surface area contributed by atoms with Crippen LogP contribution in [0.15, 0.2) is 42.5 Å². The molecule has 2 saturated heterocycles. The van der Waals surface area contributed by atoms with Crippen LogP contribution in [0, 0.1) is 18.8 Å². The molecule has 2 fully saturated rings. The molecule has 8 nitrogen and oxygen atoms in total. The molecule has 8 heteroatoms. The summed E-state index contributed by atoms with van der Waals surface area (Å²) < 4.78 is 1.78. The van der Waals surface area contributed by atoms with Gasteiger partial charge in [0, 0.05) is 25.6 Å². The molecule has 1 amide bonds. The first-order valence-corrected chi connectivity index (χ1v) is 13.1. The molecule has 0 atom stereocenters. The van der Waals surface area contributed by atoms with E-state index in [4.69, 9.17) is 0 Å². The first-order chi connectivity index (χ1) is 17.2. The molecule has 0 aliphatic carbocycles. The molecule has 0 spiro atoms. The van der Waals surface area contributed by atoms with Crippen molar-refractivity contribution in [1.29, 1.82) is 0 Å². The summed E-state index contributed by atoms with van der Waals surface area (Å²) in [6, 6.07) is 14.8. The van der Waals surface area contributed by atoms with Crippen LogP contribution in [0.4, 0.5) is 5.82 Å². The van der Waals surface area contributed by atoms with Crippen molar-refractivity contribution >= 4 is 17.4 Å². The average molecular weight is 476 g/mol. The van der Waals surface area contributed by atoms with E-state index in [1.807, 2.05) is 19.1 Å². The van der Waals surface area contributed by atoms with Gasteiger partial charge in [-0.15, -0.1) is 15.3 Å². The third kappa shape index (κ3) is 5.99. The second-order valence-corrected chi connectivity index (χ2v) is 10.1. The summed E-state index contributed by atoms with van der Waals surface area (Å²) in [6.45, 7) is 7.80. The Labute approximate surface area is 207 Å². The largest absolute Gasteiger partial charge is 0.356 e. The molecule has 3 aromatic rings. The van der Waals surface area contributed by atoms with Crippen molar-refractivity contribution in [2.75, 3.05) is 44.2 Å². The van der Waals surface area contributed by atoms with Crippen molar-refractivity contribution in [3.8, 4) is 0 Å². The number of amides is 1. The zero-order chi connectivity index (χ0) is 24.0. The second-order valence-electron chi connectivity index (χ2n) is 10.1. The lowest BCUT2D eigenvalue weighted by Gasteiger charge is -2.32. The maximum atomic E-state index is 12.7. The van der Waals surface area contributed by atoms with Crippen molar-refractivity contribution in [3.63, 3.8) is 0 Å². The highest BCUT2D eigenvalue weighted by molar-refractivity contribution is 5.78. The molecule has 0 saturated carbocycles. The van der Waals surface area contributed by atoms with Gasteiger partial charge in [0.05, 0.1) is 0 Å². The number of benzene rings is 1. The van der Waals surface area contributed by atoms with Crippen LogP contribution in [0.5, 0.6) is 0 Å². The fourth-order valence-electron chi connectivity index (χ4n) is 5.45. The minimum absolute atomic E-state index is 0.0976. The van der Waals surface area contributed by atoms with Crippen molar-refractivity contribution in [2.24, 2.45) is 11.8 Å². The third-order valence-corrected chi connectivity index (χ3v) is 7.62. The molecule has 2 aliphatic heterocycles. The number of carbonyl (C=O) groups is 1. The Bertz CT molecular complexity index is 1100. The van der Waals surface area contributed by atoms with Gasteiger partial charge in [-0.3, -0.25) is 4.79 Å². The van der Waals surface area contributed by atoms with E-state index in [9.17, 15) is 4.79 Å². The van der Waals surface area contributed by atoms with E-state index in [0.717, 1.165) is 68.6 Å². The lowest BCUT2D eigenvalue weighted by Crippen LogP contribution is -2.42. The van der Waals surface area contributed by atoms with Gasteiger partial charge in [-0.25, -0.2) is 0 Å². The number of anilines is 1. The van der Waals surface area contributed by atoms with E-state index >= 15 is 0 Å². The van der Waals surface area contributed by atoms with Gasteiger partial charge in [0.2, 0.25) is 5.91 Å². The van der Waals surface area contributed by atoms with Gasteiger partial charge in [-0.2, -0.15) is 4.52 Å². The van der Waals surface area contributed by atoms with Crippen LogP contribution in [-0.4, -0.2) is 69.9 Å². The Morgan fingerprint density at radius 2 is 1.74 bits per heavy atom. The fourth-order valence-corrected chi connectivity index (χ4v) is 5.45. The molecule has 1 N–H and O–H groups in total. The molecule has 5 rings (SSSR count). The van der Waals surface area contributed by atoms with Crippen molar-refractivity contribution in [3.05, 3.63) is 53.9 Å². The summed E-state index contributed by atoms with van der Waals surface area (Å²) >= 11 is 0. The van der Waals surface area contributed by atoms with Crippen molar-refractivity contribution < 1.29 is 4.79 Å². The number of nitrogens with zero attached hydrogens (tertiary/aromatic N) is 6. The van der Waals surface area contributed by atoms with Crippen molar-refractivity contribution in [2.45, 2.75) is 45.4 Å². The number of hydrogen-bond donors (Lipinski definition) is 1. The van der Waals surface area contributed by atoms with Crippen LogP contribution in [0.1, 0.15) is 43.5 Å². The van der Waals surface area contributed by atoms with E-state index < -0.39 is 0 Å². The van der Waals surface area contributed by atoms with Crippen LogP contribution in [0.25, 0.3) is 5.65 Å². The van der Waals surface area contributed by atoms with E-state index in [1.165, 1.54) is 37.9 Å². The Balaban J connectivity index is 0.975. The summed E-state index contributed by atoms with van der Waals surface area (Å²) in [5.41, 5.74) is 2.22. The van der Waals surface area contributed by atoms with Gasteiger partial charge < -0.3 is 15.1 Å². The molecule has 4 heterocycles. The predicted octanol–water partition coefficient (Wildman–Crippen LogP) is 3.11. The van der Waals surface area contributed by atoms with Gasteiger partial charge in [0.1, 0.15) is 5.82 Å². The SMILES string of the molecule is Cc1nnc2ccc(N3CCC(C(=O)NCCCN4CCC(Cc5ccccc5)CC4)CC3)nn12. The highest BCUT2D eigenvalue weighted by Gasteiger charge is 2.26. The topological polar surface area (TPSA) is 78.7 Å². The lowest BCUT2D eigenvalue weighted by atomic mass is 9.90. The van der Waals surface area contributed by atoms with Crippen LogP contribution in [0.3, 0.4) is 0 Å². The number of carbonyl (C=O) groups excluding carboxylic acids is 1. The minimum Gasteiger partial charge on any atom is -0.356 e. The number of aromatic nitrogens is 4. The molecular formula is C27H37N7O. The quantitative estimate of drug-likeness (QED) is 0.505. The highest BCUT2D eigenvalue weighted by atomic mass is 16.1. The van der Waals surface area contributed by atoms with Gasteiger partial charge in [-0.05, 0) is 88.7 Å². The maximum absolute atomic E-state index is 12.7. The van der Waals surface area contributed by atoms with Crippen LogP contribution >= 0.6 is 0 Å². The number of nitrogens with one attached hydrogen (secondary N) is 1. The lowest BCUT2D eigenvalue weighted by molar-refractivity contribution is -0.125. The number of likely N-dealkylation sites (tertiary alicyclic amines) is 1. The molecule has 2 aromatic heterocycles. The molecule has 35 heavy (non-hydrogen) atoms. The van der Waals surface area contributed by atoms with Crippen LogP contribution in [0.2, 0.25) is 0 Å². The number of piperidine rings is 2. The summed E-state index contributed by atoms with van der Waals surface area (Å²) in [4.78, 5) is 17.5. The van der Waals surface area contributed by atoms with Crippen LogP contribution in [-0.2, 0) is 11.2 Å². The Morgan fingerprint density at radius 1 is 0.971 bits per heavy atom. The monoisotopic (exact) mass is 475 g/mol. The second kappa shape index (κ2) is 11.2. The standard InChI is InChI=1S/C27H37N7O/c1-21-29-30-25-8-9-26(31-34(21)25)33-18-12-24(13-19-33)27(35)28-14-5-15-32-16-10-23(11-17-32)20-22-6-3-2-4-7-22/h2-4,6-9,23-24H,5,10-20H2,1H3,(H,28,35). The first-order valence-electron chi connectivity index (χ1n) is 13.1. The normalized spacial score (nSPS) is 18.3. The molecule has 2 aliphatic rings. The van der Waals surface area contributed by atoms with Gasteiger partial charge in [0.25, 0.3) is 0 Å². The molecular weight excluding hydrogens is 438 g/mol. The number of rotatable bonds is 8. The van der Waals surface area contributed by atoms with Gasteiger partial charge in [-0.1, -0.05) is 30.3 Å². The molecule has 0 unspecified atom stereocenters. The summed E-state index contributed by atoms with van der Waals surface area (Å²) in [5, 5.41) is 16.0. The van der Waals surface area contributed by atoms with E-state index in [0.29, 0.717) is 0 Å². The Morgan fingerprint density at radius 3 is 2.51 bits per heavy atom. The smallest absolute Gasteiger partial charge is 0.223 e. The zero-order valence-electron chi connectivity index (χ0n) is 20.8. The predicted molar refractivity (Wildman–Crippen MR) is 137 cm³/mol. The van der Waals surface area contributed by atoms with Crippen molar-refractivity contribution in [1.82, 2.24) is 30.0 Å². The highest BCUT2D eigenvalue weighted by Crippen LogP contribution is 2.23. The van der Waals surface area contributed by atoms with Crippen LogP contribution < -0.4 is 10.2 Å². The summed E-state index contributed by atoms with van der Waals surface area (Å²) in [5.74, 6) is 2.82. The molecule has 1 aromatic carbocycles. The molecule has 186 valence electrons. The zero-order valence-corrected chi connectivity index (χ0v) is 20.8. The fraction of sp³-hybridized carbons (Fsp3) is 0.556. The molecule has 0 bridgehead atoms. The third-order valence-electron chi connectivity index (χ3n) is 7.62. The average Bonchev–Trinajstić information content (AvgIpc) is 3.28. The molecule has 0 radical (unpaired) electrons. The maximum Gasteiger partial charge on any atom is 0.223 e. The van der Waals surface area contributed by atoms with E-state index in [2.05, 4.69) is 60.7 Å². The number of aryl methyl sites for hydroxylation is 1. The first kappa shape index (κ1) is 23.7. The van der Waals surface area contributed by atoms with E-state index in [-0.39, 0.29) is 11.8 Å². The van der Waals surface area contributed by atoms with Gasteiger partial charge in [0.15, 0.2) is 11.5 Å².